The van der Waals surface area contributed by atoms with Gasteiger partial charge in [-0.15, -0.1) is 0 Å². The number of carbonyl (C=O) groups is 1. The van der Waals surface area contributed by atoms with Gasteiger partial charge in [0.05, 0.1) is 0 Å². The lowest BCUT2D eigenvalue weighted by Crippen LogP contribution is -2.15. The first-order valence-electron chi connectivity index (χ1n) is 5.28. The number of halogens is 2. The molecule has 0 atom stereocenters. The van der Waals surface area contributed by atoms with E-state index in [0.717, 1.165) is 11.1 Å². The van der Waals surface area contributed by atoms with E-state index in [-0.39, 0.29) is 5.78 Å². The summed E-state index contributed by atoms with van der Waals surface area (Å²) in [5.41, 5.74) is 3.12. The molecule has 2 aromatic rings. The Morgan fingerprint density at radius 3 is 1.76 bits per heavy atom. The van der Waals surface area contributed by atoms with Crippen molar-refractivity contribution >= 4 is 29.0 Å². The van der Waals surface area contributed by atoms with E-state index in [2.05, 4.69) is 0 Å². The van der Waals surface area contributed by atoms with E-state index in [1.165, 1.54) is 0 Å². The Hall–Kier alpha value is -1.31. The molecule has 0 aromatic heterocycles. The quantitative estimate of drug-likeness (QED) is 0.596. The fraction of sp³-hybridized carbons (Fsp3) is 0.0714. The highest BCUT2D eigenvalue weighted by Gasteiger charge is 2.25. The van der Waals surface area contributed by atoms with Gasteiger partial charge < -0.3 is 0 Å². The number of fused-ring (bicyclic) bond motifs is 2. The number of benzene rings is 2. The van der Waals surface area contributed by atoms with Crippen molar-refractivity contribution in [1.82, 2.24) is 0 Å². The molecule has 0 N–H and O–H groups in total. The van der Waals surface area contributed by atoms with Crippen LogP contribution in [-0.4, -0.2) is 5.78 Å². The predicted octanol–water partition coefficient (Wildman–Crippen LogP) is 4.13. The minimum atomic E-state index is 0.00579. The summed E-state index contributed by atoms with van der Waals surface area (Å²) in [5, 5.41) is 1.25. The van der Waals surface area contributed by atoms with Crippen molar-refractivity contribution in [2.24, 2.45) is 0 Å². The molecule has 2 aromatic carbocycles. The van der Waals surface area contributed by atoms with Crippen molar-refractivity contribution in [1.29, 1.82) is 0 Å². The van der Waals surface area contributed by atoms with Crippen molar-refractivity contribution in [3.63, 3.8) is 0 Å². The lowest BCUT2D eigenvalue weighted by Gasteiger charge is -2.20. The molecule has 0 amide bonds. The van der Waals surface area contributed by atoms with Gasteiger partial charge in [-0.3, -0.25) is 4.79 Å². The van der Waals surface area contributed by atoms with Crippen LogP contribution in [0, 0.1) is 0 Å². The minimum absolute atomic E-state index is 0.00579. The average molecular weight is 263 g/mol. The first kappa shape index (κ1) is 10.8. The normalized spacial score (nSPS) is 13.2. The Kier molecular flexibility index (Phi) is 2.46. The molecule has 0 aliphatic heterocycles. The number of rotatable bonds is 0. The average Bonchev–Trinajstić information content (AvgIpc) is 2.32. The molecule has 0 saturated carbocycles. The topological polar surface area (TPSA) is 17.1 Å². The smallest absolute Gasteiger partial charge is 0.193 e. The van der Waals surface area contributed by atoms with E-state index in [0.29, 0.717) is 27.6 Å². The molecule has 1 nitrogen and oxygen atoms in total. The van der Waals surface area contributed by atoms with Crippen LogP contribution in [0.4, 0.5) is 0 Å². The van der Waals surface area contributed by atoms with Crippen molar-refractivity contribution in [2.75, 3.05) is 0 Å². The number of ketones is 1. The van der Waals surface area contributed by atoms with Gasteiger partial charge in [0, 0.05) is 27.6 Å². The molecule has 3 heteroatoms. The molecule has 0 bridgehead atoms. The lowest BCUT2D eigenvalue weighted by molar-refractivity contribution is 0.103. The zero-order valence-corrected chi connectivity index (χ0v) is 10.3. The van der Waals surface area contributed by atoms with E-state index >= 15 is 0 Å². The summed E-state index contributed by atoms with van der Waals surface area (Å²) >= 11 is 12.3. The maximum atomic E-state index is 12.3. The first-order chi connectivity index (χ1) is 8.18. The Morgan fingerprint density at radius 2 is 1.29 bits per heavy atom. The van der Waals surface area contributed by atoms with E-state index in [9.17, 15) is 4.79 Å². The van der Waals surface area contributed by atoms with Crippen LogP contribution >= 0.6 is 23.2 Å². The van der Waals surface area contributed by atoms with E-state index in [1.54, 1.807) is 24.3 Å². The Bertz CT molecular complexity index is 579. The third kappa shape index (κ3) is 1.58. The molecule has 0 saturated heterocycles. The van der Waals surface area contributed by atoms with Crippen LogP contribution in [0.2, 0.25) is 10.0 Å². The number of carbonyl (C=O) groups excluding carboxylic acids is 1. The second kappa shape index (κ2) is 3.86. The molecule has 1 aliphatic carbocycles. The minimum Gasteiger partial charge on any atom is -0.289 e. The molecule has 17 heavy (non-hydrogen) atoms. The number of hydrogen-bond acceptors (Lipinski definition) is 1. The van der Waals surface area contributed by atoms with Gasteiger partial charge >= 0.3 is 0 Å². The fourth-order valence-corrected chi connectivity index (χ4v) is 2.71. The molecule has 0 fully saturated rings. The SMILES string of the molecule is O=C1c2cccc(Cl)c2Cc2c(Cl)cccc21. The molecular formula is C14H8Cl2O. The van der Waals surface area contributed by atoms with Gasteiger partial charge in [0.15, 0.2) is 5.78 Å². The van der Waals surface area contributed by atoms with Gasteiger partial charge in [-0.1, -0.05) is 47.5 Å². The van der Waals surface area contributed by atoms with Gasteiger partial charge in [-0.05, 0) is 23.3 Å². The summed E-state index contributed by atoms with van der Waals surface area (Å²) in [7, 11) is 0. The second-order valence-electron chi connectivity index (χ2n) is 4.04. The van der Waals surface area contributed by atoms with Crippen molar-refractivity contribution < 1.29 is 4.79 Å². The van der Waals surface area contributed by atoms with Crippen LogP contribution in [0.25, 0.3) is 0 Å². The highest BCUT2D eigenvalue weighted by molar-refractivity contribution is 6.34. The van der Waals surface area contributed by atoms with Gasteiger partial charge in [0.25, 0.3) is 0 Å². The van der Waals surface area contributed by atoms with Crippen LogP contribution in [-0.2, 0) is 6.42 Å². The van der Waals surface area contributed by atoms with Crippen LogP contribution in [0.5, 0.6) is 0 Å². The van der Waals surface area contributed by atoms with Gasteiger partial charge in [-0.2, -0.15) is 0 Å². The Morgan fingerprint density at radius 1 is 0.824 bits per heavy atom. The summed E-state index contributed by atoms with van der Waals surface area (Å²) in [4.78, 5) is 12.3. The molecule has 1 aliphatic rings. The molecule has 0 spiro atoms. The highest BCUT2D eigenvalue weighted by Crippen LogP contribution is 2.34. The molecule has 0 radical (unpaired) electrons. The predicted molar refractivity (Wildman–Crippen MR) is 69.1 cm³/mol. The van der Waals surface area contributed by atoms with E-state index in [1.807, 2.05) is 12.1 Å². The summed E-state index contributed by atoms with van der Waals surface area (Å²) < 4.78 is 0. The maximum absolute atomic E-state index is 12.3. The van der Waals surface area contributed by atoms with Crippen LogP contribution in [0.3, 0.4) is 0 Å². The third-order valence-corrected chi connectivity index (χ3v) is 3.79. The van der Waals surface area contributed by atoms with Crippen molar-refractivity contribution in [3.05, 3.63) is 68.7 Å². The largest absolute Gasteiger partial charge is 0.289 e. The van der Waals surface area contributed by atoms with Crippen molar-refractivity contribution in [2.45, 2.75) is 6.42 Å². The van der Waals surface area contributed by atoms with E-state index in [4.69, 9.17) is 23.2 Å². The summed E-state index contributed by atoms with van der Waals surface area (Å²) in [6, 6.07) is 10.8. The summed E-state index contributed by atoms with van der Waals surface area (Å²) in [6.07, 6.45) is 0.621. The monoisotopic (exact) mass is 262 g/mol. The zero-order valence-electron chi connectivity index (χ0n) is 8.84. The van der Waals surface area contributed by atoms with Crippen LogP contribution in [0.15, 0.2) is 36.4 Å². The molecule has 0 unspecified atom stereocenters. The van der Waals surface area contributed by atoms with Gasteiger partial charge in [0.2, 0.25) is 0 Å². The lowest BCUT2D eigenvalue weighted by atomic mass is 9.85. The van der Waals surface area contributed by atoms with Crippen LogP contribution in [0.1, 0.15) is 27.0 Å². The Balaban J connectivity index is 2.29. The summed E-state index contributed by atoms with van der Waals surface area (Å²) in [5.74, 6) is 0.00579. The fourth-order valence-electron chi connectivity index (χ4n) is 2.22. The molecular weight excluding hydrogens is 255 g/mol. The summed E-state index contributed by atoms with van der Waals surface area (Å²) in [6.45, 7) is 0. The maximum Gasteiger partial charge on any atom is 0.193 e. The second-order valence-corrected chi connectivity index (χ2v) is 4.85. The van der Waals surface area contributed by atoms with E-state index < -0.39 is 0 Å². The highest BCUT2D eigenvalue weighted by atomic mass is 35.5. The van der Waals surface area contributed by atoms with Gasteiger partial charge in [-0.25, -0.2) is 0 Å². The first-order valence-corrected chi connectivity index (χ1v) is 6.03. The molecule has 3 rings (SSSR count). The Labute approximate surface area is 109 Å². The zero-order chi connectivity index (χ0) is 12.0. The standard InChI is InChI=1S/C14H8Cl2O/c15-12-5-1-3-8-10(12)7-11-9(14(8)17)4-2-6-13(11)16/h1-6H,7H2. The molecule has 0 heterocycles. The third-order valence-electron chi connectivity index (χ3n) is 3.08. The van der Waals surface area contributed by atoms with Crippen molar-refractivity contribution in [3.8, 4) is 0 Å². The number of hydrogen-bond donors (Lipinski definition) is 0. The van der Waals surface area contributed by atoms with Gasteiger partial charge in [0.1, 0.15) is 0 Å². The molecule has 84 valence electrons. The van der Waals surface area contributed by atoms with Crippen LogP contribution < -0.4 is 0 Å².